The van der Waals surface area contributed by atoms with E-state index in [0.29, 0.717) is 11.5 Å². The average Bonchev–Trinajstić information content (AvgIpc) is 3.28. The van der Waals surface area contributed by atoms with Crippen LogP contribution in [0.5, 0.6) is 0 Å². The Morgan fingerprint density at radius 3 is 2.95 bits per heavy atom. The van der Waals surface area contributed by atoms with Crippen LogP contribution in [0, 0.1) is 5.41 Å². The van der Waals surface area contributed by atoms with Crippen LogP contribution in [0.2, 0.25) is 0 Å². The molecule has 1 amide bonds. The molecule has 1 aromatic rings. The molecule has 1 spiro atoms. The third-order valence-corrected chi connectivity index (χ3v) is 5.62. The highest BCUT2D eigenvalue weighted by molar-refractivity contribution is 5.92. The third kappa shape index (κ3) is 2.27. The van der Waals surface area contributed by atoms with Gasteiger partial charge in [0.15, 0.2) is 0 Å². The highest BCUT2D eigenvalue weighted by Gasteiger charge is 2.42. The normalized spacial score (nSPS) is 29.8. The van der Waals surface area contributed by atoms with E-state index in [4.69, 9.17) is 0 Å². The van der Waals surface area contributed by atoms with Crippen molar-refractivity contribution in [3.63, 3.8) is 0 Å². The smallest absolute Gasteiger partial charge is 0.272 e. The second-order valence-electron chi connectivity index (χ2n) is 7.00. The first-order valence-electron chi connectivity index (χ1n) is 8.31. The molecule has 1 aromatic heterocycles. The molecule has 5 heteroatoms. The Hall–Kier alpha value is -1.36. The van der Waals surface area contributed by atoms with Gasteiger partial charge in [0, 0.05) is 31.2 Å². The van der Waals surface area contributed by atoms with Gasteiger partial charge in [-0.1, -0.05) is 12.8 Å². The van der Waals surface area contributed by atoms with Crippen LogP contribution in [0.1, 0.15) is 55.1 Å². The number of rotatable bonds is 2. The molecule has 3 fully saturated rings. The molecule has 2 aliphatic heterocycles. The molecule has 114 valence electrons. The lowest BCUT2D eigenvalue weighted by molar-refractivity contribution is 0.0760. The number of nitrogens with zero attached hydrogens (tertiary/aromatic N) is 3. The Balaban J connectivity index is 1.52. The van der Waals surface area contributed by atoms with E-state index in [1.807, 2.05) is 10.7 Å². The molecule has 4 rings (SSSR count). The Morgan fingerprint density at radius 1 is 1.33 bits per heavy atom. The first-order valence-corrected chi connectivity index (χ1v) is 8.31. The molecule has 1 unspecified atom stereocenters. The largest absolute Gasteiger partial charge is 0.337 e. The number of hydrogen-bond donors (Lipinski definition) is 1. The van der Waals surface area contributed by atoms with E-state index in [9.17, 15) is 4.79 Å². The van der Waals surface area contributed by atoms with Crippen molar-refractivity contribution >= 4 is 5.91 Å². The summed E-state index contributed by atoms with van der Waals surface area (Å²) in [5, 5.41) is 7.89. The summed E-state index contributed by atoms with van der Waals surface area (Å²) in [5.41, 5.74) is 1.14. The van der Waals surface area contributed by atoms with E-state index in [0.717, 1.165) is 51.1 Å². The van der Waals surface area contributed by atoms with Crippen LogP contribution in [0.15, 0.2) is 12.3 Å². The summed E-state index contributed by atoms with van der Waals surface area (Å²) in [6, 6.07) is 2.34. The number of nitrogens with one attached hydrogen (secondary N) is 1. The van der Waals surface area contributed by atoms with E-state index in [1.165, 1.54) is 19.3 Å². The van der Waals surface area contributed by atoms with Crippen LogP contribution >= 0.6 is 0 Å². The summed E-state index contributed by atoms with van der Waals surface area (Å²) in [6.45, 7) is 3.98. The minimum atomic E-state index is 0.183. The number of carbonyl (C=O) groups is 1. The Kier molecular flexibility index (Phi) is 3.25. The van der Waals surface area contributed by atoms with Crippen molar-refractivity contribution in [3.8, 4) is 0 Å². The zero-order valence-corrected chi connectivity index (χ0v) is 12.6. The van der Waals surface area contributed by atoms with Gasteiger partial charge in [-0.2, -0.15) is 5.10 Å². The summed E-state index contributed by atoms with van der Waals surface area (Å²) in [4.78, 5) is 14.9. The summed E-state index contributed by atoms with van der Waals surface area (Å²) < 4.78 is 1.99. The summed E-state index contributed by atoms with van der Waals surface area (Å²) in [7, 11) is 0. The number of aromatic nitrogens is 2. The molecule has 3 aliphatic rings. The molecule has 0 bridgehead atoms. The van der Waals surface area contributed by atoms with Crippen LogP contribution in [0.25, 0.3) is 0 Å². The number of likely N-dealkylation sites (tertiary alicyclic amines) is 1. The van der Waals surface area contributed by atoms with Crippen LogP contribution in [0.3, 0.4) is 0 Å². The fourth-order valence-electron chi connectivity index (χ4n) is 4.34. The minimum Gasteiger partial charge on any atom is -0.337 e. The third-order valence-electron chi connectivity index (χ3n) is 5.62. The van der Waals surface area contributed by atoms with E-state index in [1.54, 1.807) is 6.20 Å². The lowest BCUT2D eigenvalue weighted by Crippen LogP contribution is -2.34. The summed E-state index contributed by atoms with van der Waals surface area (Å²) in [6.07, 6.45) is 8.98. The highest BCUT2D eigenvalue weighted by Crippen LogP contribution is 2.37. The second kappa shape index (κ2) is 5.13. The molecular weight excluding hydrogens is 264 g/mol. The van der Waals surface area contributed by atoms with Crippen molar-refractivity contribution in [2.75, 3.05) is 26.2 Å². The lowest BCUT2D eigenvalue weighted by Gasteiger charge is -2.23. The van der Waals surface area contributed by atoms with E-state index in [-0.39, 0.29) is 5.91 Å². The fourth-order valence-corrected chi connectivity index (χ4v) is 4.34. The zero-order valence-electron chi connectivity index (χ0n) is 12.6. The maximum absolute atomic E-state index is 12.9. The van der Waals surface area contributed by atoms with Crippen molar-refractivity contribution < 1.29 is 4.79 Å². The van der Waals surface area contributed by atoms with Gasteiger partial charge in [-0.15, -0.1) is 0 Å². The molecule has 1 saturated carbocycles. The second-order valence-corrected chi connectivity index (χ2v) is 7.00. The van der Waals surface area contributed by atoms with Gasteiger partial charge in [-0.25, -0.2) is 0 Å². The number of amides is 1. The molecule has 5 nitrogen and oxygen atoms in total. The van der Waals surface area contributed by atoms with Crippen LogP contribution in [-0.2, 0) is 0 Å². The van der Waals surface area contributed by atoms with Gasteiger partial charge in [0.1, 0.15) is 5.69 Å². The minimum absolute atomic E-state index is 0.183. The van der Waals surface area contributed by atoms with Crippen LogP contribution in [0.4, 0.5) is 0 Å². The monoisotopic (exact) mass is 288 g/mol. The van der Waals surface area contributed by atoms with Gasteiger partial charge in [-0.3, -0.25) is 9.48 Å². The van der Waals surface area contributed by atoms with Gasteiger partial charge in [0.25, 0.3) is 5.91 Å². The van der Waals surface area contributed by atoms with Crippen molar-refractivity contribution in [2.45, 2.75) is 44.6 Å². The van der Waals surface area contributed by atoms with Crippen molar-refractivity contribution in [3.05, 3.63) is 18.0 Å². The van der Waals surface area contributed by atoms with E-state index in [2.05, 4.69) is 15.3 Å². The molecule has 2 saturated heterocycles. The molecule has 1 atom stereocenters. The Morgan fingerprint density at radius 2 is 2.19 bits per heavy atom. The number of hydrogen-bond acceptors (Lipinski definition) is 3. The van der Waals surface area contributed by atoms with Gasteiger partial charge in [0.05, 0.1) is 6.04 Å². The topological polar surface area (TPSA) is 50.2 Å². The lowest BCUT2D eigenvalue weighted by atomic mass is 9.87. The first-order chi connectivity index (χ1) is 10.3. The van der Waals surface area contributed by atoms with Crippen molar-refractivity contribution in [1.29, 1.82) is 0 Å². The zero-order chi connectivity index (χ0) is 14.3. The van der Waals surface area contributed by atoms with Gasteiger partial charge >= 0.3 is 0 Å². The molecular formula is C16H24N4O. The SMILES string of the molecule is O=C(c1ccnn1C1CCCC1)N1CCC2(CCNC2)C1. The maximum Gasteiger partial charge on any atom is 0.272 e. The predicted octanol–water partition coefficient (Wildman–Crippen LogP) is 1.82. The van der Waals surface area contributed by atoms with Crippen molar-refractivity contribution in [1.82, 2.24) is 20.0 Å². The Labute approximate surface area is 125 Å². The fraction of sp³-hybridized carbons (Fsp3) is 0.750. The molecule has 1 aliphatic carbocycles. The van der Waals surface area contributed by atoms with E-state index < -0.39 is 0 Å². The van der Waals surface area contributed by atoms with E-state index >= 15 is 0 Å². The molecule has 0 aromatic carbocycles. The summed E-state index contributed by atoms with van der Waals surface area (Å²) >= 11 is 0. The summed E-state index contributed by atoms with van der Waals surface area (Å²) in [5.74, 6) is 0.183. The maximum atomic E-state index is 12.9. The van der Waals surface area contributed by atoms with Gasteiger partial charge in [-0.05, 0) is 38.3 Å². The highest BCUT2D eigenvalue weighted by atomic mass is 16.2. The van der Waals surface area contributed by atoms with Crippen LogP contribution < -0.4 is 5.32 Å². The molecule has 21 heavy (non-hydrogen) atoms. The molecule has 3 heterocycles. The van der Waals surface area contributed by atoms with Crippen LogP contribution in [-0.4, -0.2) is 46.8 Å². The first kappa shape index (κ1) is 13.3. The standard InChI is InChI=1S/C16H24N4O/c21-15(19-10-7-16(12-19)6-9-17-11-16)14-5-8-18-20(14)13-3-1-2-4-13/h5,8,13,17H,1-4,6-7,9-12H2. The Bertz CT molecular complexity index is 526. The molecule has 1 N–H and O–H groups in total. The van der Waals surface area contributed by atoms with Gasteiger partial charge < -0.3 is 10.2 Å². The predicted molar refractivity (Wildman–Crippen MR) is 80.2 cm³/mol. The molecule has 0 radical (unpaired) electrons. The van der Waals surface area contributed by atoms with Crippen molar-refractivity contribution in [2.24, 2.45) is 5.41 Å². The quantitative estimate of drug-likeness (QED) is 0.903. The van der Waals surface area contributed by atoms with Gasteiger partial charge in [0.2, 0.25) is 0 Å². The number of carbonyl (C=O) groups excluding carboxylic acids is 1. The average molecular weight is 288 g/mol.